The summed E-state index contributed by atoms with van der Waals surface area (Å²) in [4.78, 5) is 16.6. The highest BCUT2D eigenvalue weighted by molar-refractivity contribution is 7.89. The molecule has 3 aromatic rings. The topological polar surface area (TPSA) is 106 Å². The van der Waals surface area contributed by atoms with Crippen molar-refractivity contribution in [2.24, 2.45) is 0 Å². The largest absolute Gasteiger partial charge is 0.320 e. The summed E-state index contributed by atoms with van der Waals surface area (Å²) in [6.07, 6.45) is 2.79. The number of carbonyl (C=O) groups is 1. The molecule has 0 aliphatic rings. The van der Waals surface area contributed by atoms with Crippen LogP contribution in [0.5, 0.6) is 0 Å². The molecular weight excluding hydrogens is 449 g/mol. The number of aromatic nitrogens is 3. The van der Waals surface area contributed by atoms with Crippen LogP contribution in [0.4, 0.5) is 5.69 Å². The summed E-state index contributed by atoms with van der Waals surface area (Å²) in [5.74, 6) is -0.539. The molecule has 0 atom stereocenters. The van der Waals surface area contributed by atoms with Gasteiger partial charge >= 0.3 is 0 Å². The third-order valence-corrected chi connectivity index (χ3v) is 6.35. The first kappa shape index (κ1) is 22.2. The van der Waals surface area contributed by atoms with E-state index in [2.05, 4.69) is 20.1 Å². The summed E-state index contributed by atoms with van der Waals surface area (Å²) in [6, 6.07) is 9.00. The van der Waals surface area contributed by atoms with Crippen molar-refractivity contribution < 1.29 is 13.2 Å². The van der Waals surface area contributed by atoms with Crippen molar-refractivity contribution in [1.82, 2.24) is 19.5 Å². The number of nitrogens with zero attached hydrogens (tertiary/aromatic N) is 3. The Labute approximate surface area is 184 Å². The zero-order valence-corrected chi connectivity index (χ0v) is 18.7. The van der Waals surface area contributed by atoms with Crippen LogP contribution in [-0.4, -0.2) is 34.6 Å². The molecule has 3 rings (SSSR count). The molecule has 1 heterocycles. The van der Waals surface area contributed by atoms with Crippen molar-refractivity contribution in [3.05, 3.63) is 64.7 Å². The van der Waals surface area contributed by atoms with Crippen LogP contribution in [0.2, 0.25) is 10.0 Å². The molecular formula is C19H19Cl2N5O3S. The van der Waals surface area contributed by atoms with Crippen LogP contribution in [0.3, 0.4) is 0 Å². The number of nitrogens with one attached hydrogen (secondary N) is 2. The number of para-hydroxylation sites is 1. The van der Waals surface area contributed by atoms with Crippen molar-refractivity contribution in [1.29, 1.82) is 0 Å². The second-order valence-electron chi connectivity index (χ2n) is 7.43. The Morgan fingerprint density at radius 2 is 1.83 bits per heavy atom. The number of sulfonamides is 1. The lowest BCUT2D eigenvalue weighted by atomic mass is 10.1. The average Bonchev–Trinajstić information content (AvgIpc) is 3.14. The quantitative estimate of drug-likeness (QED) is 0.591. The van der Waals surface area contributed by atoms with Crippen LogP contribution in [0.1, 0.15) is 31.1 Å². The highest BCUT2D eigenvalue weighted by atomic mass is 35.5. The van der Waals surface area contributed by atoms with Gasteiger partial charge in [0.1, 0.15) is 23.2 Å². The maximum absolute atomic E-state index is 12.9. The lowest BCUT2D eigenvalue weighted by Gasteiger charge is -2.21. The smallest absolute Gasteiger partial charge is 0.255 e. The molecule has 11 heteroatoms. The molecule has 0 aliphatic carbocycles. The first-order chi connectivity index (χ1) is 14.0. The van der Waals surface area contributed by atoms with E-state index in [1.807, 2.05) is 0 Å². The molecule has 2 aromatic carbocycles. The predicted molar refractivity (Wildman–Crippen MR) is 116 cm³/mol. The van der Waals surface area contributed by atoms with Crippen molar-refractivity contribution >= 4 is 44.8 Å². The molecule has 8 nitrogen and oxygen atoms in total. The van der Waals surface area contributed by atoms with Crippen LogP contribution in [0.15, 0.2) is 53.9 Å². The number of carbonyl (C=O) groups excluding carboxylic acids is 1. The van der Waals surface area contributed by atoms with Crippen LogP contribution in [0, 0.1) is 0 Å². The van der Waals surface area contributed by atoms with E-state index < -0.39 is 21.5 Å². The third-order valence-electron chi connectivity index (χ3n) is 3.81. The number of benzene rings is 2. The van der Waals surface area contributed by atoms with Crippen LogP contribution < -0.4 is 10.0 Å². The van der Waals surface area contributed by atoms with Crippen molar-refractivity contribution in [2.75, 3.05) is 5.32 Å². The van der Waals surface area contributed by atoms with Gasteiger partial charge in [-0.25, -0.2) is 22.8 Å². The van der Waals surface area contributed by atoms with E-state index in [0.717, 1.165) is 0 Å². The second-order valence-corrected chi connectivity index (χ2v) is 9.90. The fourth-order valence-electron chi connectivity index (χ4n) is 2.68. The minimum atomic E-state index is -3.93. The van der Waals surface area contributed by atoms with Gasteiger partial charge in [0.25, 0.3) is 5.91 Å². The Morgan fingerprint density at radius 3 is 2.47 bits per heavy atom. The maximum atomic E-state index is 12.9. The minimum absolute atomic E-state index is 0.00867. The fourth-order valence-corrected chi connectivity index (χ4v) is 4.88. The SMILES string of the molecule is CC(C)(C)NS(=O)(=O)c1cc(C(=O)Nc2cccc(Cl)c2-n2cncn2)ccc1Cl. The molecule has 30 heavy (non-hydrogen) atoms. The molecule has 0 unspecified atom stereocenters. The molecule has 0 saturated carbocycles. The van der Waals surface area contributed by atoms with Gasteiger partial charge in [-0.2, -0.15) is 5.10 Å². The molecule has 0 saturated heterocycles. The number of amides is 1. The minimum Gasteiger partial charge on any atom is -0.320 e. The van der Waals surface area contributed by atoms with Crippen molar-refractivity contribution in [3.63, 3.8) is 0 Å². The van der Waals surface area contributed by atoms with Crippen molar-refractivity contribution in [3.8, 4) is 5.69 Å². The number of hydrogen-bond donors (Lipinski definition) is 2. The molecule has 0 spiro atoms. The summed E-state index contributed by atoms with van der Waals surface area (Å²) in [5, 5.41) is 7.14. The lowest BCUT2D eigenvalue weighted by Crippen LogP contribution is -2.40. The Kier molecular flexibility index (Phi) is 6.19. The van der Waals surface area contributed by atoms with E-state index in [1.54, 1.807) is 39.0 Å². The van der Waals surface area contributed by atoms with Gasteiger partial charge in [0.2, 0.25) is 10.0 Å². The third kappa shape index (κ3) is 4.99. The van der Waals surface area contributed by atoms with Crippen molar-refractivity contribution in [2.45, 2.75) is 31.2 Å². The van der Waals surface area contributed by atoms with E-state index in [-0.39, 0.29) is 15.5 Å². The van der Waals surface area contributed by atoms with Gasteiger partial charge in [-0.05, 0) is 51.1 Å². The first-order valence-corrected chi connectivity index (χ1v) is 11.0. The van der Waals surface area contributed by atoms with Gasteiger partial charge in [0, 0.05) is 11.1 Å². The zero-order valence-electron chi connectivity index (χ0n) is 16.3. The molecule has 1 amide bonds. The van der Waals surface area contributed by atoms with Gasteiger partial charge in [0.05, 0.1) is 15.7 Å². The van der Waals surface area contributed by atoms with Crippen LogP contribution in [0.25, 0.3) is 5.69 Å². The first-order valence-electron chi connectivity index (χ1n) is 8.76. The summed E-state index contributed by atoms with van der Waals surface area (Å²) in [6.45, 7) is 5.12. The lowest BCUT2D eigenvalue weighted by molar-refractivity contribution is 0.102. The molecule has 158 valence electrons. The molecule has 1 aromatic heterocycles. The number of halogens is 2. The molecule has 2 N–H and O–H groups in total. The Morgan fingerprint density at radius 1 is 1.10 bits per heavy atom. The highest BCUT2D eigenvalue weighted by Gasteiger charge is 2.25. The van der Waals surface area contributed by atoms with Crippen LogP contribution >= 0.6 is 23.2 Å². The summed E-state index contributed by atoms with van der Waals surface area (Å²) in [5.41, 5.74) is 0.207. The molecule has 0 aliphatic heterocycles. The zero-order chi connectivity index (χ0) is 22.1. The summed E-state index contributed by atoms with van der Waals surface area (Å²) < 4.78 is 29.3. The normalized spacial score (nSPS) is 12.0. The van der Waals surface area contributed by atoms with Gasteiger partial charge < -0.3 is 5.32 Å². The predicted octanol–water partition coefficient (Wildman–Crippen LogP) is 3.90. The highest BCUT2D eigenvalue weighted by Crippen LogP contribution is 2.29. The van der Waals surface area contributed by atoms with Gasteiger partial charge in [-0.1, -0.05) is 29.3 Å². The molecule has 0 fully saturated rings. The van der Waals surface area contributed by atoms with Gasteiger partial charge in [-0.3, -0.25) is 4.79 Å². The molecule has 0 radical (unpaired) electrons. The van der Waals surface area contributed by atoms with E-state index in [4.69, 9.17) is 23.2 Å². The summed E-state index contributed by atoms with van der Waals surface area (Å²) >= 11 is 12.4. The van der Waals surface area contributed by atoms with E-state index >= 15 is 0 Å². The number of anilines is 1. The average molecular weight is 468 g/mol. The Hall–Kier alpha value is -2.46. The Bertz CT molecular complexity index is 1190. The van der Waals surface area contributed by atoms with E-state index in [1.165, 1.54) is 35.5 Å². The maximum Gasteiger partial charge on any atom is 0.255 e. The number of hydrogen-bond acceptors (Lipinski definition) is 5. The summed E-state index contributed by atoms with van der Waals surface area (Å²) in [7, 11) is -3.93. The number of rotatable bonds is 5. The van der Waals surface area contributed by atoms with Gasteiger partial charge in [-0.15, -0.1) is 0 Å². The monoisotopic (exact) mass is 467 g/mol. The standard InChI is InChI=1S/C19H19Cl2N5O3S/c1-19(2,3)25-30(28,29)16-9-12(7-8-13(16)20)18(27)24-15-6-4-5-14(21)17(15)26-11-22-10-23-26/h4-11,25H,1-3H3,(H,24,27). The Balaban J connectivity index is 1.96. The van der Waals surface area contributed by atoms with E-state index in [9.17, 15) is 13.2 Å². The van der Waals surface area contributed by atoms with Gasteiger partial charge in [0.15, 0.2) is 0 Å². The fraction of sp³-hybridized carbons (Fsp3) is 0.211. The van der Waals surface area contributed by atoms with Crippen LogP contribution in [-0.2, 0) is 10.0 Å². The molecule has 0 bridgehead atoms. The van der Waals surface area contributed by atoms with E-state index in [0.29, 0.717) is 16.4 Å². The second kappa shape index (κ2) is 8.35.